The van der Waals surface area contributed by atoms with Crippen molar-refractivity contribution in [2.45, 2.75) is 90.1 Å². The van der Waals surface area contributed by atoms with E-state index < -0.39 is 6.61 Å². The van der Waals surface area contributed by atoms with Crippen LogP contribution in [0.3, 0.4) is 0 Å². The van der Waals surface area contributed by atoms with Gasteiger partial charge in [-0.3, -0.25) is 9.59 Å². The average molecular weight is 665 g/mol. The minimum atomic E-state index is -0.413. The number of rotatable bonds is 20. The lowest BCUT2D eigenvalue weighted by molar-refractivity contribution is -0.124. The van der Waals surface area contributed by atoms with Gasteiger partial charge in [-0.25, -0.2) is 0 Å². The van der Waals surface area contributed by atoms with Gasteiger partial charge < -0.3 is 26.0 Å². The summed E-state index contributed by atoms with van der Waals surface area (Å²) >= 11 is 0. The molecule has 1 heterocycles. The molecule has 1 aliphatic heterocycles. The monoisotopic (exact) mass is 664 g/mol. The van der Waals surface area contributed by atoms with Crippen molar-refractivity contribution in [2.24, 2.45) is 5.73 Å². The van der Waals surface area contributed by atoms with E-state index in [2.05, 4.69) is 60.8 Å². The zero-order chi connectivity index (χ0) is 35.0. The summed E-state index contributed by atoms with van der Waals surface area (Å²) in [5.74, 6) is -0.252. The number of aryl methyl sites for hydroxylation is 3. The molecule has 5 N–H and O–H groups in total. The number of ether oxygens (including phenoxy) is 1. The fraction of sp³-hybridized carbons (Fsp3) is 0.381. The Bertz CT molecular complexity index is 1640. The van der Waals surface area contributed by atoms with E-state index in [1.165, 1.54) is 29.9 Å². The number of aliphatic hydroxyl groups is 1. The van der Waals surface area contributed by atoms with E-state index in [-0.39, 0.29) is 35.7 Å². The van der Waals surface area contributed by atoms with Crippen molar-refractivity contribution < 1.29 is 24.5 Å². The molecule has 49 heavy (non-hydrogen) atoms. The van der Waals surface area contributed by atoms with Crippen molar-refractivity contribution in [3.05, 3.63) is 124 Å². The van der Waals surface area contributed by atoms with Crippen molar-refractivity contribution >= 4 is 17.1 Å². The molecule has 260 valence electrons. The first-order valence-electron chi connectivity index (χ1n) is 17.6. The van der Waals surface area contributed by atoms with Gasteiger partial charge in [0.25, 0.3) is 0 Å². The number of allylic oxidation sites excluding steroid dienone is 3. The summed E-state index contributed by atoms with van der Waals surface area (Å²) in [5, 5.41) is 24.4. The molecule has 1 aliphatic rings. The Balaban J connectivity index is 1.48. The second-order valence-corrected chi connectivity index (χ2v) is 12.9. The number of carbonyl (C=O) groups is 2. The van der Waals surface area contributed by atoms with Crippen molar-refractivity contribution in [3.8, 4) is 11.5 Å². The van der Waals surface area contributed by atoms with E-state index in [0.717, 1.165) is 68.9 Å². The van der Waals surface area contributed by atoms with E-state index in [0.29, 0.717) is 29.5 Å². The SMILES string of the molecule is CCCCCCCC(=O)CC(=O)C=C(CO)c1cc(OC)c(O)cc1CC1=CNC(N)C=C1CCc1cccc(CCc2ccccc2)c1. The zero-order valence-corrected chi connectivity index (χ0v) is 29.0. The molecule has 7 nitrogen and oxygen atoms in total. The number of phenolic OH excluding ortho intramolecular Hbond substituents is 1. The van der Waals surface area contributed by atoms with Crippen LogP contribution in [0.15, 0.2) is 96.2 Å². The molecule has 0 radical (unpaired) electrons. The molecule has 3 aromatic rings. The van der Waals surface area contributed by atoms with E-state index in [4.69, 9.17) is 10.5 Å². The Hall–Kier alpha value is -4.46. The summed E-state index contributed by atoms with van der Waals surface area (Å²) in [4.78, 5) is 25.5. The maximum Gasteiger partial charge on any atom is 0.163 e. The molecule has 0 saturated heterocycles. The molecule has 1 atom stereocenters. The summed E-state index contributed by atoms with van der Waals surface area (Å²) in [5.41, 5.74) is 13.9. The highest BCUT2D eigenvalue weighted by Crippen LogP contribution is 2.35. The Labute approximate surface area is 291 Å². The van der Waals surface area contributed by atoms with Crippen LogP contribution in [-0.4, -0.2) is 41.7 Å². The topological polar surface area (TPSA) is 122 Å². The van der Waals surface area contributed by atoms with Crippen molar-refractivity contribution in [1.29, 1.82) is 0 Å². The van der Waals surface area contributed by atoms with Crippen LogP contribution in [-0.2, 0) is 35.3 Å². The van der Waals surface area contributed by atoms with Gasteiger partial charge in [0.1, 0.15) is 5.78 Å². The smallest absolute Gasteiger partial charge is 0.163 e. The van der Waals surface area contributed by atoms with E-state index in [1.54, 1.807) is 12.1 Å². The summed E-state index contributed by atoms with van der Waals surface area (Å²) in [7, 11) is 1.46. The first-order valence-corrected chi connectivity index (χ1v) is 17.6. The number of nitrogens with one attached hydrogen (secondary N) is 1. The summed E-state index contributed by atoms with van der Waals surface area (Å²) in [6, 6.07) is 22.5. The average Bonchev–Trinajstić information content (AvgIpc) is 3.10. The second-order valence-electron chi connectivity index (χ2n) is 12.9. The van der Waals surface area contributed by atoms with Crippen LogP contribution in [0.4, 0.5) is 0 Å². The number of nitrogens with two attached hydrogens (primary N) is 1. The quantitative estimate of drug-likeness (QED) is 0.0567. The normalized spacial score (nSPS) is 14.5. The Morgan fingerprint density at radius 1 is 0.878 bits per heavy atom. The third-order valence-electron chi connectivity index (χ3n) is 9.03. The second kappa shape index (κ2) is 19.5. The van der Waals surface area contributed by atoms with Crippen molar-refractivity contribution in [1.82, 2.24) is 5.32 Å². The molecule has 3 aromatic carbocycles. The van der Waals surface area contributed by atoms with Crippen LogP contribution in [0.5, 0.6) is 11.5 Å². The van der Waals surface area contributed by atoms with Crippen LogP contribution in [0, 0.1) is 0 Å². The number of Topliss-reactive ketones (excluding diaryl/α,β-unsaturated/α-hetero) is 1. The molecule has 1 unspecified atom stereocenters. The highest BCUT2D eigenvalue weighted by atomic mass is 16.5. The van der Waals surface area contributed by atoms with Crippen LogP contribution >= 0.6 is 0 Å². The molecule has 0 aliphatic carbocycles. The molecule has 0 amide bonds. The Morgan fingerprint density at radius 3 is 2.29 bits per heavy atom. The van der Waals surface area contributed by atoms with Gasteiger partial charge in [-0.15, -0.1) is 0 Å². The van der Waals surface area contributed by atoms with Crippen molar-refractivity contribution in [2.75, 3.05) is 13.7 Å². The van der Waals surface area contributed by atoms with Crippen molar-refractivity contribution in [3.63, 3.8) is 0 Å². The van der Waals surface area contributed by atoms with Gasteiger partial charge in [0.05, 0.1) is 26.3 Å². The molecule has 0 aromatic heterocycles. The number of dihydropyridines is 1. The third-order valence-corrected chi connectivity index (χ3v) is 9.03. The van der Waals surface area contributed by atoms with Gasteiger partial charge in [0, 0.05) is 12.6 Å². The molecular formula is C42H52N2O5. The minimum Gasteiger partial charge on any atom is -0.504 e. The van der Waals surface area contributed by atoms with Crippen LogP contribution in [0.25, 0.3) is 5.57 Å². The molecule has 7 heteroatoms. The Morgan fingerprint density at radius 2 is 1.57 bits per heavy atom. The molecule has 0 spiro atoms. The number of unbranched alkanes of at least 4 members (excludes halogenated alkanes) is 4. The van der Waals surface area contributed by atoms with E-state index >= 15 is 0 Å². The predicted octanol–water partition coefficient (Wildman–Crippen LogP) is 7.32. The fourth-order valence-electron chi connectivity index (χ4n) is 6.31. The number of aliphatic hydroxyl groups excluding tert-OH is 1. The number of carbonyl (C=O) groups excluding carboxylic acids is 2. The van der Waals surface area contributed by atoms with Gasteiger partial charge in [0.15, 0.2) is 17.3 Å². The lowest BCUT2D eigenvalue weighted by Crippen LogP contribution is -2.35. The summed E-state index contributed by atoms with van der Waals surface area (Å²) < 4.78 is 5.39. The van der Waals surface area contributed by atoms with Gasteiger partial charge >= 0.3 is 0 Å². The molecule has 4 rings (SSSR count). The number of methoxy groups -OCH3 is 1. The van der Waals surface area contributed by atoms with Crippen LogP contribution in [0.2, 0.25) is 0 Å². The fourth-order valence-corrected chi connectivity index (χ4v) is 6.31. The van der Waals surface area contributed by atoms with Gasteiger partial charge in [0.2, 0.25) is 0 Å². The standard InChI is InChI=1S/C42H52N2O5/c1-3-4-5-6-10-16-37(46)26-38(47)23-36(29-45)39-27-41(49-2)40(48)24-34(39)22-35-28-44-42(43)25-33(35)20-19-32-15-11-14-31(21-32)18-17-30-12-8-7-9-13-30/h7-9,11-15,21,23-25,27-28,42,44-45,48H,3-6,10,16-20,22,26,29,43H2,1-2H3. The number of hydrogen-bond acceptors (Lipinski definition) is 7. The number of ketones is 2. The number of benzene rings is 3. The first-order chi connectivity index (χ1) is 23.8. The highest BCUT2D eigenvalue weighted by molar-refractivity contribution is 6.07. The molecule has 0 saturated carbocycles. The number of aromatic hydroxyl groups is 1. The van der Waals surface area contributed by atoms with E-state index in [9.17, 15) is 19.8 Å². The van der Waals surface area contributed by atoms with Gasteiger partial charge in [-0.1, -0.05) is 87.2 Å². The summed E-state index contributed by atoms with van der Waals surface area (Å²) in [6.07, 6.45) is 14.3. The Kier molecular flexibility index (Phi) is 14.9. The van der Waals surface area contributed by atoms with Gasteiger partial charge in [-0.05, 0) is 107 Å². The van der Waals surface area contributed by atoms with E-state index in [1.807, 2.05) is 18.3 Å². The number of hydrogen-bond donors (Lipinski definition) is 4. The largest absolute Gasteiger partial charge is 0.504 e. The predicted molar refractivity (Wildman–Crippen MR) is 197 cm³/mol. The zero-order valence-electron chi connectivity index (χ0n) is 29.0. The van der Waals surface area contributed by atoms with Crippen LogP contribution < -0.4 is 15.8 Å². The molecular weight excluding hydrogens is 612 g/mol. The van der Waals surface area contributed by atoms with Crippen LogP contribution in [0.1, 0.15) is 86.1 Å². The lowest BCUT2D eigenvalue weighted by Gasteiger charge is -2.23. The summed E-state index contributed by atoms with van der Waals surface area (Å²) in [6.45, 7) is 1.73. The number of phenols is 1. The van der Waals surface area contributed by atoms with Gasteiger partial charge in [-0.2, -0.15) is 0 Å². The maximum absolute atomic E-state index is 13.0. The minimum absolute atomic E-state index is 0.0398. The molecule has 0 fully saturated rings. The lowest BCUT2D eigenvalue weighted by atomic mass is 9.88. The maximum atomic E-state index is 13.0. The molecule has 0 bridgehead atoms. The third kappa shape index (κ3) is 11.9. The first kappa shape index (κ1) is 37.4. The highest BCUT2D eigenvalue weighted by Gasteiger charge is 2.20.